The van der Waals surface area contributed by atoms with Crippen LogP contribution in [0.2, 0.25) is 0 Å². The van der Waals surface area contributed by atoms with Gasteiger partial charge in [-0.25, -0.2) is 0 Å². The number of hydrogen-bond acceptors (Lipinski definition) is 4. The number of pyridine rings is 1. The molecule has 1 aliphatic rings. The molecule has 20 heavy (non-hydrogen) atoms. The number of hydrogen-bond donors (Lipinski definition) is 0. The van der Waals surface area contributed by atoms with E-state index in [9.17, 15) is 14.9 Å². The fourth-order valence-electron chi connectivity index (χ4n) is 2.29. The van der Waals surface area contributed by atoms with Gasteiger partial charge in [-0.15, -0.1) is 0 Å². The minimum absolute atomic E-state index is 0.0196. The Labute approximate surface area is 118 Å². The van der Waals surface area contributed by atoms with Crippen LogP contribution < -0.4 is 0 Å². The van der Waals surface area contributed by atoms with E-state index in [0.717, 1.165) is 11.3 Å². The van der Waals surface area contributed by atoms with Gasteiger partial charge in [-0.2, -0.15) is 0 Å². The molecule has 1 amide bonds. The van der Waals surface area contributed by atoms with Crippen LogP contribution in [0.4, 0.5) is 5.69 Å². The Morgan fingerprint density at radius 1 is 1.50 bits per heavy atom. The highest BCUT2D eigenvalue weighted by Crippen LogP contribution is 2.25. The lowest BCUT2D eigenvalue weighted by atomic mass is 9.91. The van der Waals surface area contributed by atoms with Crippen molar-refractivity contribution in [2.24, 2.45) is 5.41 Å². The topological polar surface area (TPSA) is 76.3 Å². The smallest absolute Gasteiger partial charge is 0.287 e. The average Bonchev–Trinajstić information content (AvgIpc) is 2.35. The van der Waals surface area contributed by atoms with Gasteiger partial charge in [0.2, 0.25) is 5.91 Å². The summed E-state index contributed by atoms with van der Waals surface area (Å²) in [7, 11) is 0. The molecule has 0 unspecified atom stereocenters. The summed E-state index contributed by atoms with van der Waals surface area (Å²) in [5.41, 5.74) is 1.56. The molecule has 6 nitrogen and oxygen atoms in total. The van der Waals surface area contributed by atoms with Gasteiger partial charge < -0.3 is 4.90 Å². The van der Waals surface area contributed by atoms with Gasteiger partial charge in [0, 0.05) is 37.7 Å². The van der Waals surface area contributed by atoms with E-state index in [1.807, 2.05) is 20.8 Å². The summed E-state index contributed by atoms with van der Waals surface area (Å²) in [5, 5.41) is 10.8. The Bertz CT molecular complexity index is 549. The van der Waals surface area contributed by atoms with E-state index in [-0.39, 0.29) is 17.0 Å². The largest absolute Gasteiger partial charge is 0.338 e. The Balaban J connectivity index is 2.15. The van der Waals surface area contributed by atoms with Crippen molar-refractivity contribution in [1.29, 1.82) is 0 Å². The summed E-state index contributed by atoms with van der Waals surface area (Å²) >= 11 is 0. The molecule has 0 aromatic carbocycles. The molecule has 0 radical (unpaired) electrons. The minimum atomic E-state index is -0.455. The zero-order valence-electron chi connectivity index (χ0n) is 12.0. The van der Waals surface area contributed by atoms with Crippen LogP contribution >= 0.6 is 0 Å². The average molecular weight is 277 g/mol. The first kappa shape index (κ1) is 14.4. The highest BCUT2D eigenvalue weighted by Gasteiger charge is 2.26. The molecule has 0 bridgehead atoms. The zero-order chi connectivity index (χ0) is 14.9. The van der Waals surface area contributed by atoms with Crippen molar-refractivity contribution < 1.29 is 9.72 Å². The van der Waals surface area contributed by atoms with E-state index in [0.29, 0.717) is 25.9 Å². The number of carbonyl (C=O) groups is 1. The third-order valence-electron chi connectivity index (χ3n) is 3.27. The lowest BCUT2D eigenvalue weighted by Gasteiger charge is -2.30. The van der Waals surface area contributed by atoms with E-state index in [4.69, 9.17) is 0 Å². The Morgan fingerprint density at radius 3 is 2.80 bits per heavy atom. The predicted octanol–water partition coefficient (Wildman–Crippen LogP) is 2.31. The van der Waals surface area contributed by atoms with Crippen molar-refractivity contribution >= 4 is 11.6 Å². The van der Waals surface area contributed by atoms with Gasteiger partial charge in [-0.3, -0.25) is 19.9 Å². The third kappa shape index (κ3) is 3.31. The van der Waals surface area contributed by atoms with Crippen molar-refractivity contribution in [2.75, 3.05) is 6.54 Å². The molecule has 0 atom stereocenters. The van der Waals surface area contributed by atoms with Crippen LogP contribution in [0.25, 0.3) is 0 Å². The van der Waals surface area contributed by atoms with Gasteiger partial charge in [0.15, 0.2) is 0 Å². The summed E-state index contributed by atoms with van der Waals surface area (Å²) < 4.78 is 0. The number of nitro groups is 1. The minimum Gasteiger partial charge on any atom is -0.338 e. The monoisotopic (exact) mass is 277 g/mol. The van der Waals surface area contributed by atoms with E-state index in [1.54, 1.807) is 4.90 Å². The molecule has 108 valence electrons. The maximum atomic E-state index is 12.2. The number of amides is 1. The molecule has 2 heterocycles. The van der Waals surface area contributed by atoms with E-state index in [2.05, 4.69) is 4.98 Å². The SMILES string of the molecule is CC(C)(C)CC(=O)N1CCc2ncc([N+](=O)[O-])cc2C1. The van der Waals surface area contributed by atoms with Crippen molar-refractivity contribution in [3.63, 3.8) is 0 Å². The second kappa shape index (κ2) is 5.19. The normalized spacial score (nSPS) is 14.8. The fourth-order valence-corrected chi connectivity index (χ4v) is 2.29. The first-order chi connectivity index (χ1) is 9.26. The van der Waals surface area contributed by atoms with Gasteiger partial charge in [-0.1, -0.05) is 20.8 Å². The molecular weight excluding hydrogens is 258 g/mol. The maximum absolute atomic E-state index is 12.2. The first-order valence-electron chi connectivity index (χ1n) is 6.66. The van der Waals surface area contributed by atoms with E-state index in [1.165, 1.54) is 12.3 Å². The third-order valence-corrected chi connectivity index (χ3v) is 3.27. The Morgan fingerprint density at radius 2 is 2.20 bits per heavy atom. The van der Waals surface area contributed by atoms with Gasteiger partial charge in [0.1, 0.15) is 6.20 Å². The van der Waals surface area contributed by atoms with E-state index >= 15 is 0 Å². The molecular formula is C14H19N3O3. The standard InChI is InChI=1S/C14H19N3O3/c1-14(2,3)7-13(18)16-5-4-12-10(9-16)6-11(8-15-12)17(19)20/h6,8H,4-5,7,9H2,1-3H3. The van der Waals surface area contributed by atoms with Crippen molar-refractivity contribution in [1.82, 2.24) is 9.88 Å². The first-order valence-corrected chi connectivity index (χ1v) is 6.66. The summed E-state index contributed by atoms with van der Waals surface area (Å²) in [6.07, 6.45) is 2.42. The molecule has 0 aliphatic carbocycles. The van der Waals surface area contributed by atoms with E-state index < -0.39 is 4.92 Å². The Hall–Kier alpha value is -1.98. The second-order valence-corrected chi connectivity index (χ2v) is 6.36. The van der Waals surface area contributed by atoms with Crippen molar-refractivity contribution in [3.05, 3.63) is 33.6 Å². The van der Waals surface area contributed by atoms with Crippen LogP contribution in [0.5, 0.6) is 0 Å². The number of nitrogens with zero attached hydrogens (tertiary/aromatic N) is 3. The van der Waals surface area contributed by atoms with Crippen LogP contribution in [0, 0.1) is 15.5 Å². The number of fused-ring (bicyclic) bond motifs is 1. The number of aromatic nitrogens is 1. The molecule has 0 saturated heterocycles. The van der Waals surface area contributed by atoms with Crippen LogP contribution in [0.15, 0.2) is 12.3 Å². The number of rotatable bonds is 2. The van der Waals surface area contributed by atoms with Crippen LogP contribution in [0.1, 0.15) is 38.4 Å². The molecule has 0 saturated carbocycles. The van der Waals surface area contributed by atoms with Gasteiger partial charge in [0.05, 0.1) is 4.92 Å². The molecule has 0 spiro atoms. The molecule has 1 aliphatic heterocycles. The van der Waals surface area contributed by atoms with Gasteiger partial charge in [0.25, 0.3) is 5.69 Å². The van der Waals surface area contributed by atoms with Crippen molar-refractivity contribution in [3.8, 4) is 0 Å². The van der Waals surface area contributed by atoms with Crippen LogP contribution in [-0.2, 0) is 17.8 Å². The number of carbonyl (C=O) groups excluding carboxylic acids is 1. The highest BCUT2D eigenvalue weighted by molar-refractivity contribution is 5.77. The van der Waals surface area contributed by atoms with Crippen LogP contribution in [-0.4, -0.2) is 27.3 Å². The Kier molecular flexibility index (Phi) is 3.74. The molecule has 6 heteroatoms. The summed E-state index contributed by atoms with van der Waals surface area (Å²) in [4.78, 5) is 28.4. The lowest BCUT2D eigenvalue weighted by Crippen LogP contribution is -2.38. The maximum Gasteiger partial charge on any atom is 0.287 e. The molecule has 1 aromatic rings. The van der Waals surface area contributed by atoms with Crippen LogP contribution in [0.3, 0.4) is 0 Å². The second-order valence-electron chi connectivity index (χ2n) is 6.36. The summed E-state index contributed by atoms with van der Waals surface area (Å²) in [6.45, 7) is 7.12. The lowest BCUT2D eigenvalue weighted by molar-refractivity contribution is -0.385. The summed E-state index contributed by atoms with van der Waals surface area (Å²) in [5.74, 6) is 0.0923. The molecule has 0 N–H and O–H groups in total. The predicted molar refractivity (Wildman–Crippen MR) is 74.1 cm³/mol. The zero-order valence-corrected chi connectivity index (χ0v) is 12.0. The molecule has 0 fully saturated rings. The summed E-state index contributed by atoms with van der Waals surface area (Å²) in [6, 6.07) is 1.53. The molecule has 1 aromatic heterocycles. The quantitative estimate of drug-likeness (QED) is 0.614. The highest BCUT2D eigenvalue weighted by atomic mass is 16.6. The van der Waals surface area contributed by atoms with Gasteiger partial charge in [-0.05, 0) is 11.0 Å². The fraction of sp³-hybridized carbons (Fsp3) is 0.571. The van der Waals surface area contributed by atoms with Crippen molar-refractivity contribution in [2.45, 2.75) is 40.2 Å². The van der Waals surface area contributed by atoms with Gasteiger partial charge >= 0.3 is 0 Å². The molecule has 2 rings (SSSR count).